The summed E-state index contributed by atoms with van der Waals surface area (Å²) in [6, 6.07) is 11.5. The summed E-state index contributed by atoms with van der Waals surface area (Å²) < 4.78 is 21.1. The first-order valence-electron chi connectivity index (χ1n) is 9.31. The Bertz CT molecular complexity index is 1100. The van der Waals surface area contributed by atoms with E-state index in [0.29, 0.717) is 30.6 Å². The van der Waals surface area contributed by atoms with Crippen LogP contribution in [-0.2, 0) is 16.1 Å². The summed E-state index contributed by atoms with van der Waals surface area (Å²) in [6.07, 6.45) is 1.39. The second-order valence-electron chi connectivity index (χ2n) is 6.91. The van der Waals surface area contributed by atoms with Crippen LogP contribution < -0.4 is 5.56 Å². The quantitative estimate of drug-likeness (QED) is 0.600. The van der Waals surface area contributed by atoms with Crippen molar-refractivity contribution in [2.24, 2.45) is 0 Å². The summed E-state index contributed by atoms with van der Waals surface area (Å²) in [7, 11) is 0. The van der Waals surface area contributed by atoms with Crippen molar-refractivity contribution >= 4 is 32.7 Å². The van der Waals surface area contributed by atoms with Crippen molar-refractivity contribution in [1.82, 2.24) is 14.5 Å². The third-order valence-electron chi connectivity index (χ3n) is 5.01. The minimum Gasteiger partial charge on any atom is -0.370 e. The zero-order chi connectivity index (χ0) is 20.4. The van der Waals surface area contributed by atoms with Crippen LogP contribution in [0.5, 0.6) is 0 Å². The molecule has 0 bridgehead atoms. The number of carbonyl (C=O) groups is 1. The molecule has 29 heavy (non-hydrogen) atoms. The van der Waals surface area contributed by atoms with Crippen molar-refractivity contribution in [3.05, 3.63) is 75.0 Å². The van der Waals surface area contributed by atoms with Crippen molar-refractivity contribution in [3.8, 4) is 0 Å². The minimum atomic E-state index is -0.307. The van der Waals surface area contributed by atoms with Crippen LogP contribution in [0.4, 0.5) is 4.39 Å². The van der Waals surface area contributed by atoms with E-state index < -0.39 is 0 Å². The van der Waals surface area contributed by atoms with Gasteiger partial charge in [-0.3, -0.25) is 14.2 Å². The Morgan fingerprint density at radius 3 is 2.83 bits per heavy atom. The number of fused-ring (bicyclic) bond motifs is 1. The third kappa shape index (κ3) is 4.38. The van der Waals surface area contributed by atoms with E-state index in [1.165, 1.54) is 23.0 Å². The number of rotatable bonds is 4. The Kier molecular flexibility index (Phi) is 5.73. The third-order valence-corrected chi connectivity index (χ3v) is 5.51. The van der Waals surface area contributed by atoms with Crippen LogP contribution in [-0.4, -0.2) is 40.1 Å². The zero-order valence-electron chi connectivity index (χ0n) is 15.6. The molecule has 0 saturated carbocycles. The van der Waals surface area contributed by atoms with E-state index in [1.54, 1.807) is 29.2 Å². The number of hydrogen-bond acceptors (Lipinski definition) is 4. The van der Waals surface area contributed by atoms with E-state index >= 15 is 0 Å². The highest BCUT2D eigenvalue weighted by Crippen LogP contribution is 2.23. The molecule has 1 unspecified atom stereocenters. The second kappa shape index (κ2) is 8.42. The van der Waals surface area contributed by atoms with E-state index in [0.717, 1.165) is 10.0 Å². The second-order valence-corrected chi connectivity index (χ2v) is 7.82. The maximum absolute atomic E-state index is 13.1. The number of halogens is 2. The Morgan fingerprint density at radius 2 is 2.03 bits per heavy atom. The van der Waals surface area contributed by atoms with Crippen molar-refractivity contribution in [3.63, 3.8) is 0 Å². The van der Waals surface area contributed by atoms with Crippen molar-refractivity contribution in [2.45, 2.75) is 19.1 Å². The monoisotopic (exact) mass is 459 g/mol. The molecule has 150 valence electrons. The molecule has 1 aliphatic heterocycles. The Labute approximate surface area is 175 Å². The molecule has 2 aromatic carbocycles. The van der Waals surface area contributed by atoms with E-state index in [4.69, 9.17) is 4.74 Å². The summed E-state index contributed by atoms with van der Waals surface area (Å²) in [5.74, 6) is -0.361. The number of amides is 1. The van der Waals surface area contributed by atoms with Crippen molar-refractivity contribution in [2.75, 3.05) is 19.7 Å². The highest BCUT2D eigenvalue weighted by Gasteiger charge is 2.25. The van der Waals surface area contributed by atoms with E-state index in [-0.39, 0.29) is 36.4 Å². The Hall–Kier alpha value is -2.58. The number of hydrogen-bond donors (Lipinski definition) is 0. The molecule has 1 saturated heterocycles. The maximum Gasteiger partial charge on any atom is 0.261 e. The minimum absolute atomic E-state index is 0.0540. The lowest BCUT2D eigenvalue weighted by Gasteiger charge is -2.33. The molecule has 1 atom stereocenters. The Morgan fingerprint density at radius 1 is 1.24 bits per heavy atom. The van der Waals surface area contributed by atoms with Crippen LogP contribution in [0.1, 0.15) is 18.1 Å². The molecular formula is C21H19BrFN3O3. The average Bonchev–Trinajstić information content (AvgIpc) is 2.74. The first-order chi connectivity index (χ1) is 14.0. The largest absolute Gasteiger partial charge is 0.370 e. The zero-order valence-corrected chi connectivity index (χ0v) is 17.1. The fourth-order valence-corrected chi connectivity index (χ4v) is 3.78. The van der Waals surface area contributed by atoms with Gasteiger partial charge >= 0.3 is 0 Å². The van der Waals surface area contributed by atoms with Crippen molar-refractivity contribution in [1.29, 1.82) is 0 Å². The first-order valence-corrected chi connectivity index (χ1v) is 10.1. The standard InChI is InChI=1S/C21H19BrFN3O3/c22-15-3-6-18-17(11-15)21(28)26(13-24-18)8-7-20(27)25-9-10-29-19(12-25)14-1-4-16(23)5-2-14/h1-6,11,13,19H,7-10,12H2. The molecule has 1 amide bonds. The normalized spacial score (nSPS) is 16.9. The lowest BCUT2D eigenvalue weighted by molar-refractivity contribution is -0.139. The fraction of sp³-hybridized carbons (Fsp3) is 0.286. The molecule has 0 radical (unpaired) electrons. The maximum atomic E-state index is 13.1. The van der Waals surface area contributed by atoms with Gasteiger partial charge in [0.05, 0.1) is 30.4 Å². The molecule has 6 nitrogen and oxygen atoms in total. The van der Waals surface area contributed by atoms with Crippen LogP contribution in [0.2, 0.25) is 0 Å². The summed E-state index contributed by atoms with van der Waals surface area (Å²) in [5, 5.41) is 0.511. The van der Waals surface area contributed by atoms with Gasteiger partial charge < -0.3 is 9.64 Å². The summed E-state index contributed by atoms with van der Waals surface area (Å²) >= 11 is 3.36. The molecular weight excluding hydrogens is 441 g/mol. The predicted molar refractivity (Wildman–Crippen MR) is 110 cm³/mol. The average molecular weight is 460 g/mol. The molecule has 1 aliphatic rings. The van der Waals surface area contributed by atoms with Crippen LogP contribution in [0.15, 0.2) is 58.1 Å². The number of aryl methyl sites for hydroxylation is 1. The number of aromatic nitrogens is 2. The van der Waals surface area contributed by atoms with E-state index in [1.807, 2.05) is 6.07 Å². The number of carbonyl (C=O) groups excluding carboxylic acids is 1. The van der Waals surface area contributed by atoms with Gasteiger partial charge in [-0.25, -0.2) is 9.37 Å². The molecule has 1 fully saturated rings. The van der Waals surface area contributed by atoms with Gasteiger partial charge in [0.2, 0.25) is 5.91 Å². The van der Waals surface area contributed by atoms with Crippen LogP contribution in [0, 0.1) is 5.82 Å². The highest BCUT2D eigenvalue weighted by molar-refractivity contribution is 9.10. The SMILES string of the molecule is O=C(CCn1cnc2ccc(Br)cc2c1=O)N1CCOC(c2ccc(F)cc2)C1. The molecule has 8 heteroatoms. The van der Waals surface area contributed by atoms with Crippen LogP contribution >= 0.6 is 15.9 Å². The number of ether oxygens (including phenoxy) is 1. The van der Waals surface area contributed by atoms with Crippen LogP contribution in [0.25, 0.3) is 10.9 Å². The van der Waals surface area contributed by atoms with Gasteiger partial charge in [0, 0.05) is 24.0 Å². The highest BCUT2D eigenvalue weighted by atomic mass is 79.9. The lowest BCUT2D eigenvalue weighted by Crippen LogP contribution is -2.42. The van der Waals surface area contributed by atoms with Gasteiger partial charge in [0.15, 0.2) is 0 Å². The molecule has 0 spiro atoms. The van der Waals surface area contributed by atoms with Gasteiger partial charge in [-0.05, 0) is 35.9 Å². The lowest BCUT2D eigenvalue weighted by atomic mass is 10.1. The number of nitrogens with zero attached hydrogens (tertiary/aromatic N) is 3. The molecule has 3 aromatic rings. The van der Waals surface area contributed by atoms with Gasteiger partial charge in [-0.15, -0.1) is 0 Å². The topological polar surface area (TPSA) is 64.4 Å². The van der Waals surface area contributed by atoms with Crippen LogP contribution in [0.3, 0.4) is 0 Å². The van der Waals surface area contributed by atoms with Gasteiger partial charge in [0.1, 0.15) is 11.9 Å². The number of benzene rings is 2. The van der Waals surface area contributed by atoms with E-state index in [2.05, 4.69) is 20.9 Å². The van der Waals surface area contributed by atoms with Crippen molar-refractivity contribution < 1.29 is 13.9 Å². The predicted octanol–water partition coefficient (Wildman–Crippen LogP) is 3.29. The summed E-state index contributed by atoms with van der Waals surface area (Å²) in [6.45, 7) is 1.57. The van der Waals surface area contributed by atoms with Gasteiger partial charge in [0.25, 0.3) is 5.56 Å². The summed E-state index contributed by atoms with van der Waals surface area (Å²) in [4.78, 5) is 31.4. The summed E-state index contributed by atoms with van der Waals surface area (Å²) in [5.41, 5.74) is 1.29. The van der Waals surface area contributed by atoms with Gasteiger partial charge in [-0.2, -0.15) is 0 Å². The molecule has 0 aliphatic carbocycles. The first kappa shape index (κ1) is 19.7. The van der Waals surface area contributed by atoms with E-state index in [9.17, 15) is 14.0 Å². The number of morpholine rings is 1. The Balaban J connectivity index is 1.43. The van der Waals surface area contributed by atoms with Gasteiger partial charge in [-0.1, -0.05) is 28.1 Å². The molecule has 1 aromatic heterocycles. The molecule has 2 heterocycles. The smallest absolute Gasteiger partial charge is 0.261 e. The molecule has 0 N–H and O–H groups in total. The fourth-order valence-electron chi connectivity index (χ4n) is 3.42. The molecule has 4 rings (SSSR count).